The van der Waals surface area contributed by atoms with E-state index in [-0.39, 0.29) is 4.75 Å². The average molecular weight is 247 g/mol. The zero-order chi connectivity index (χ0) is 12.3. The maximum atomic E-state index is 9.40. The van der Waals surface area contributed by atoms with Crippen molar-refractivity contribution in [3.8, 4) is 11.8 Å². The van der Waals surface area contributed by atoms with Crippen LogP contribution in [0.1, 0.15) is 24.0 Å². The average Bonchev–Trinajstić information content (AvgIpc) is 2.79. The molecule has 0 aromatic heterocycles. The fourth-order valence-electron chi connectivity index (χ4n) is 2.32. The van der Waals surface area contributed by atoms with Gasteiger partial charge in [0.25, 0.3) is 0 Å². The molecular weight excluding hydrogens is 230 g/mol. The van der Waals surface area contributed by atoms with Crippen LogP contribution in [0.5, 0.6) is 5.75 Å². The molecule has 1 heterocycles. The molecule has 1 atom stereocenters. The van der Waals surface area contributed by atoms with Crippen molar-refractivity contribution in [3.05, 3.63) is 29.3 Å². The van der Waals surface area contributed by atoms with Gasteiger partial charge >= 0.3 is 0 Å². The van der Waals surface area contributed by atoms with E-state index < -0.39 is 0 Å². The zero-order valence-corrected chi connectivity index (χ0v) is 11.1. The number of nitrogens with zero attached hydrogens (tertiary/aromatic N) is 1. The zero-order valence-electron chi connectivity index (χ0n) is 10.3. The Bertz CT molecular complexity index is 444. The lowest BCUT2D eigenvalue weighted by Crippen LogP contribution is -2.22. The third-order valence-electron chi connectivity index (χ3n) is 3.22. The highest BCUT2D eigenvalue weighted by Crippen LogP contribution is 2.41. The van der Waals surface area contributed by atoms with Crippen LogP contribution in [-0.4, -0.2) is 17.6 Å². The lowest BCUT2D eigenvalue weighted by molar-refractivity contribution is 0.408. The molecule has 0 amide bonds. The lowest BCUT2D eigenvalue weighted by atomic mass is 9.94. The molecule has 1 aliphatic heterocycles. The molecule has 0 saturated carbocycles. The standard InChI is InChI=1S/C14H17NOS/c1-11-4-5-13(16-2)12(8-11)9-14(10-15)6-3-7-17-14/h4-5,8H,3,6-7,9H2,1-2H3. The van der Waals surface area contributed by atoms with Crippen molar-refractivity contribution in [2.45, 2.75) is 30.9 Å². The van der Waals surface area contributed by atoms with E-state index >= 15 is 0 Å². The highest BCUT2D eigenvalue weighted by Gasteiger charge is 2.35. The van der Waals surface area contributed by atoms with Gasteiger partial charge in [-0.3, -0.25) is 0 Å². The quantitative estimate of drug-likeness (QED) is 0.821. The van der Waals surface area contributed by atoms with Crippen LogP contribution in [0.3, 0.4) is 0 Å². The van der Waals surface area contributed by atoms with E-state index in [4.69, 9.17) is 4.74 Å². The lowest BCUT2D eigenvalue weighted by Gasteiger charge is -2.21. The number of hydrogen-bond acceptors (Lipinski definition) is 3. The van der Waals surface area contributed by atoms with E-state index in [1.165, 1.54) is 5.56 Å². The van der Waals surface area contributed by atoms with Crippen LogP contribution in [0.4, 0.5) is 0 Å². The summed E-state index contributed by atoms with van der Waals surface area (Å²) in [5.74, 6) is 2.00. The summed E-state index contributed by atoms with van der Waals surface area (Å²) < 4.78 is 5.15. The molecule has 0 bridgehead atoms. The Kier molecular flexibility index (Phi) is 3.63. The van der Waals surface area contributed by atoms with Gasteiger partial charge in [0.15, 0.2) is 0 Å². The molecular formula is C14H17NOS. The predicted molar refractivity (Wildman–Crippen MR) is 71.5 cm³/mol. The second-order valence-electron chi connectivity index (χ2n) is 4.55. The molecule has 2 rings (SSSR count). The molecule has 0 aliphatic carbocycles. The van der Waals surface area contributed by atoms with Gasteiger partial charge in [0.1, 0.15) is 10.5 Å². The summed E-state index contributed by atoms with van der Waals surface area (Å²) in [4.78, 5) is 0. The monoisotopic (exact) mass is 247 g/mol. The second kappa shape index (κ2) is 5.01. The van der Waals surface area contributed by atoms with Crippen molar-refractivity contribution >= 4 is 11.8 Å². The highest BCUT2D eigenvalue weighted by molar-refractivity contribution is 8.01. The second-order valence-corrected chi connectivity index (χ2v) is 6.03. The summed E-state index contributed by atoms with van der Waals surface area (Å²) in [7, 11) is 1.69. The first-order valence-corrected chi connectivity index (χ1v) is 6.86. The number of hydrogen-bond donors (Lipinski definition) is 0. The van der Waals surface area contributed by atoms with Crippen LogP contribution in [0.25, 0.3) is 0 Å². The van der Waals surface area contributed by atoms with Gasteiger partial charge in [-0.1, -0.05) is 17.7 Å². The van der Waals surface area contributed by atoms with Crippen LogP contribution in [0, 0.1) is 18.3 Å². The molecule has 0 N–H and O–H groups in total. The van der Waals surface area contributed by atoms with Crippen molar-refractivity contribution in [2.75, 3.05) is 12.9 Å². The first-order chi connectivity index (χ1) is 8.19. The fraction of sp³-hybridized carbons (Fsp3) is 0.500. The fourth-order valence-corrected chi connectivity index (χ4v) is 3.61. The molecule has 1 aromatic rings. The van der Waals surface area contributed by atoms with Crippen LogP contribution in [-0.2, 0) is 6.42 Å². The Morgan fingerprint density at radius 3 is 2.94 bits per heavy atom. The van der Waals surface area contributed by atoms with E-state index in [9.17, 15) is 5.26 Å². The van der Waals surface area contributed by atoms with Crippen molar-refractivity contribution < 1.29 is 4.74 Å². The number of nitriles is 1. The molecule has 1 aliphatic rings. The van der Waals surface area contributed by atoms with Gasteiger partial charge in [-0.2, -0.15) is 5.26 Å². The Hall–Kier alpha value is -1.14. The summed E-state index contributed by atoms with van der Waals surface area (Å²) in [6.07, 6.45) is 2.93. The maximum Gasteiger partial charge on any atom is 0.122 e. The normalized spacial score (nSPS) is 23.4. The molecule has 0 spiro atoms. The minimum Gasteiger partial charge on any atom is -0.496 e. The van der Waals surface area contributed by atoms with Crippen molar-refractivity contribution in [3.63, 3.8) is 0 Å². The number of rotatable bonds is 3. The summed E-state index contributed by atoms with van der Waals surface area (Å²) in [6, 6.07) is 8.68. The van der Waals surface area contributed by atoms with E-state index in [1.54, 1.807) is 18.9 Å². The van der Waals surface area contributed by atoms with Crippen LogP contribution >= 0.6 is 11.8 Å². The molecule has 1 unspecified atom stereocenters. The minimum absolute atomic E-state index is 0.235. The Labute approximate surface area is 107 Å². The van der Waals surface area contributed by atoms with Gasteiger partial charge in [0.2, 0.25) is 0 Å². The van der Waals surface area contributed by atoms with Gasteiger partial charge in [0.05, 0.1) is 13.2 Å². The smallest absolute Gasteiger partial charge is 0.122 e. The van der Waals surface area contributed by atoms with Crippen LogP contribution in [0.2, 0.25) is 0 Å². The maximum absolute atomic E-state index is 9.40. The molecule has 3 heteroatoms. The largest absolute Gasteiger partial charge is 0.496 e. The Morgan fingerprint density at radius 1 is 1.53 bits per heavy atom. The summed E-state index contributed by atoms with van der Waals surface area (Å²) in [5, 5.41) is 9.40. The molecule has 2 nitrogen and oxygen atoms in total. The van der Waals surface area contributed by atoms with Crippen molar-refractivity contribution in [2.24, 2.45) is 0 Å². The highest BCUT2D eigenvalue weighted by atomic mass is 32.2. The van der Waals surface area contributed by atoms with E-state index in [0.717, 1.165) is 36.3 Å². The van der Waals surface area contributed by atoms with Crippen molar-refractivity contribution in [1.29, 1.82) is 5.26 Å². The number of benzene rings is 1. The van der Waals surface area contributed by atoms with Gasteiger partial charge in [0, 0.05) is 6.42 Å². The number of aryl methyl sites for hydroxylation is 1. The van der Waals surface area contributed by atoms with Crippen LogP contribution in [0.15, 0.2) is 18.2 Å². The predicted octanol–water partition coefficient (Wildman–Crippen LogP) is 3.34. The summed E-state index contributed by atoms with van der Waals surface area (Å²) >= 11 is 1.79. The third kappa shape index (κ3) is 2.58. The molecule has 1 saturated heterocycles. The van der Waals surface area contributed by atoms with Crippen LogP contribution < -0.4 is 4.74 Å². The van der Waals surface area contributed by atoms with E-state index in [2.05, 4.69) is 19.1 Å². The molecule has 1 fully saturated rings. The number of methoxy groups -OCH3 is 1. The summed E-state index contributed by atoms with van der Waals surface area (Å²) in [5.41, 5.74) is 2.38. The Balaban J connectivity index is 2.28. The SMILES string of the molecule is COc1ccc(C)cc1CC1(C#N)CCCS1. The van der Waals surface area contributed by atoms with E-state index in [0.29, 0.717) is 0 Å². The first-order valence-electron chi connectivity index (χ1n) is 5.88. The first kappa shape index (κ1) is 12.3. The Morgan fingerprint density at radius 2 is 2.35 bits per heavy atom. The van der Waals surface area contributed by atoms with Gasteiger partial charge in [-0.25, -0.2) is 0 Å². The topological polar surface area (TPSA) is 33.0 Å². The molecule has 17 heavy (non-hydrogen) atoms. The minimum atomic E-state index is -0.235. The van der Waals surface area contributed by atoms with Crippen molar-refractivity contribution in [1.82, 2.24) is 0 Å². The number of ether oxygens (including phenoxy) is 1. The third-order valence-corrected chi connectivity index (χ3v) is 4.70. The van der Waals surface area contributed by atoms with Gasteiger partial charge < -0.3 is 4.74 Å². The summed E-state index contributed by atoms with van der Waals surface area (Å²) in [6.45, 7) is 2.07. The number of thioether (sulfide) groups is 1. The van der Waals surface area contributed by atoms with Gasteiger partial charge in [-0.15, -0.1) is 11.8 Å². The molecule has 1 aromatic carbocycles. The molecule has 90 valence electrons. The van der Waals surface area contributed by atoms with E-state index in [1.807, 2.05) is 12.1 Å². The van der Waals surface area contributed by atoms with Gasteiger partial charge in [-0.05, 0) is 37.1 Å². The molecule has 0 radical (unpaired) electrons.